The van der Waals surface area contributed by atoms with E-state index < -0.39 is 5.97 Å². The van der Waals surface area contributed by atoms with Crippen LogP contribution in [0.15, 0.2) is 39.3 Å². The van der Waals surface area contributed by atoms with Crippen molar-refractivity contribution in [2.45, 2.75) is 17.3 Å². The Labute approximate surface area is 111 Å². The van der Waals surface area contributed by atoms with Crippen molar-refractivity contribution < 1.29 is 14.3 Å². The minimum Gasteiger partial charge on any atom is -0.476 e. The van der Waals surface area contributed by atoms with Gasteiger partial charge in [0, 0.05) is 11.8 Å². The number of oxazole rings is 1. The summed E-state index contributed by atoms with van der Waals surface area (Å²) < 4.78 is 5.06. The number of carbonyl (C=O) groups is 1. The Balaban J connectivity index is 1.89. The van der Waals surface area contributed by atoms with E-state index in [1.807, 2.05) is 25.1 Å². The van der Waals surface area contributed by atoms with Gasteiger partial charge >= 0.3 is 5.97 Å². The highest BCUT2D eigenvalue weighted by Gasteiger charge is 2.13. The highest BCUT2D eigenvalue weighted by atomic mass is 32.2. The Bertz CT molecular complexity index is 763. The van der Waals surface area contributed by atoms with Crippen molar-refractivity contribution in [1.82, 2.24) is 15.0 Å². The van der Waals surface area contributed by atoms with Gasteiger partial charge in [-0.05, 0) is 24.6 Å². The summed E-state index contributed by atoms with van der Waals surface area (Å²) in [5.41, 5.74) is 2.79. The van der Waals surface area contributed by atoms with E-state index in [0.29, 0.717) is 5.16 Å². The van der Waals surface area contributed by atoms with Gasteiger partial charge < -0.3 is 14.5 Å². The predicted molar refractivity (Wildman–Crippen MR) is 68.4 cm³/mol. The lowest BCUT2D eigenvalue weighted by molar-refractivity contribution is 0.0690. The van der Waals surface area contributed by atoms with Crippen molar-refractivity contribution in [2.75, 3.05) is 0 Å². The first kappa shape index (κ1) is 11.8. The fourth-order valence-corrected chi connectivity index (χ4v) is 2.34. The number of rotatable bonds is 3. The van der Waals surface area contributed by atoms with Gasteiger partial charge in [-0.15, -0.1) is 0 Å². The summed E-state index contributed by atoms with van der Waals surface area (Å²) in [5.74, 6) is -1.11. The number of aromatic carboxylic acids is 1. The third kappa shape index (κ3) is 2.32. The average molecular weight is 275 g/mol. The maximum absolute atomic E-state index is 10.7. The molecule has 0 saturated carbocycles. The van der Waals surface area contributed by atoms with Crippen LogP contribution in [0.5, 0.6) is 0 Å². The lowest BCUT2D eigenvalue weighted by Crippen LogP contribution is -1.95. The lowest BCUT2D eigenvalue weighted by Gasteiger charge is -1.89. The number of hydrogen-bond acceptors (Lipinski definition) is 5. The van der Waals surface area contributed by atoms with Crippen LogP contribution in [-0.2, 0) is 0 Å². The number of aryl methyl sites for hydroxylation is 1. The van der Waals surface area contributed by atoms with Gasteiger partial charge in [0.1, 0.15) is 6.26 Å². The van der Waals surface area contributed by atoms with Crippen molar-refractivity contribution in [3.8, 4) is 0 Å². The average Bonchev–Trinajstić information content (AvgIpc) is 2.95. The maximum atomic E-state index is 10.7. The number of nitrogens with zero attached hydrogens (tertiary/aromatic N) is 2. The van der Waals surface area contributed by atoms with Crippen LogP contribution < -0.4 is 0 Å². The molecular formula is C12H9N3O3S. The smallest absolute Gasteiger partial charge is 0.357 e. The normalized spacial score (nSPS) is 11.0. The summed E-state index contributed by atoms with van der Waals surface area (Å²) in [4.78, 5) is 22.0. The molecule has 96 valence electrons. The standard InChI is InChI=1S/C12H9N3O3S/c1-6-2-3-7-8(4-6)14-11(13-7)19-12-15-9(5-18-12)10(16)17/h2-5H,1H3,(H,13,14)(H,16,17). The summed E-state index contributed by atoms with van der Waals surface area (Å²) in [7, 11) is 0. The van der Waals surface area contributed by atoms with Gasteiger partial charge in [-0.2, -0.15) is 4.98 Å². The molecule has 19 heavy (non-hydrogen) atoms. The van der Waals surface area contributed by atoms with Crippen molar-refractivity contribution >= 4 is 28.8 Å². The first-order valence-corrected chi connectivity index (χ1v) is 6.26. The van der Waals surface area contributed by atoms with Crippen LogP contribution in [0.2, 0.25) is 0 Å². The number of carboxylic acid groups (broad SMARTS) is 1. The van der Waals surface area contributed by atoms with Crippen molar-refractivity contribution in [3.05, 3.63) is 35.7 Å². The number of hydrogen-bond donors (Lipinski definition) is 2. The lowest BCUT2D eigenvalue weighted by atomic mass is 10.2. The van der Waals surface area contributed by atoms with E-state index in [0.717, 1.165) is 34.6 Å². The molecule has 0 atom stereocenters. The van der Waals surface area contributed by atoms with Crippen LogP contribution in [0.25, 0.3) is 11.0 Å². The van der Waals surface area contributed by atoms with E-state index in [1.165, 1.54) is 0 Å². The Kier molecular flexibility index (Phi) is 2.75. The molecule has 0 radical (unpaired) electrons. The van der Waals surface area contributed by atoms with Gasteiger partial charge in [-0.3, -0.25) is 0 Å². The molecule has 7 heteroatoms. The van der Waals surface area contributed by atoms with Gasteiger partial charge in [0.15, 0.2) is 10.9 Å². The third-order valence-corrected chi connectivity index (χ3v) is 3.25. The second kappa shape index (κ2) is 4.43. The first-order valence-electron chi connectivity index (χ1n) is 5.45. The Morgan fingerprint density at radius 3 is 3.00 bits per heavy atom. The van der Waals surface area contributed by atoms with Crippen LogP contribution in [0.1, 0.15) is 16.1 Å². The van der Waals surface area contributed by atoms with Crippen LogP contribution >= 0.6 is 11.8 Å². The molecule has 0 fully saturated rings. The van der Waals surface area contributed by atoms with Crippen LogP contribution in [-0.4, -0.2) is 26.0 Å². The van der Waals surface area contributed by atoms with E-state index in [1.54, 1.807) is 0 Å². The van der Waals surface area contributed by atoms with Gasteiger partial charge in [0.25, 0.3) is 5.22 Å². The van der Waals surface area contributed by atoms with E-state index >= 15 is 0 Å². The minimum atomic E-state index is -1.11. The molecule has 0 aliphatic rings. The molecule has 1 aromatic carbocycles. The molecule has 0 aliphatic heterocycles. The predicted octanol–water partition coefficient (Wildman–Crippen LogP) is 2.71. The molecule has 2 aromatic heterocycles. The Morgan fingerprint density at radius 2 is 2.26 bits per heavy atom. The molecule has 6 nitrogen and oxygen atoms in total. The molecule has 0 aliphatic carbocycles. The molecule has 3 rings (SSSR count). The minimum absolute atomic E-state index is 0.116. The zero-order valence-electron chi connectivity index (χ0n) is 9.88. The van der Waals surface area contributed by atoms with E-state index in [2.05, 4.69) is 15.0 Å². The zero-order valence-corrected chi connectivity index (χ0v) is 10.7. The highest BCUT2D eigenvalue weighted by Crippen LogP contribution is 2.26. The number of imidazole rings is 1. The topological polar surface area (TPSA) is 92.0 Å². The van der Waals surface area contributed by atoms with Gasteiger partial charge in [0.2, 0.25) is 0 Å². The number of aromatic nitrogens is 3. The molecule has 2 heterocycles. The second-order valence-corrected chi connectivity index (χ2v) is 4.91. The summed E-state index contributed by atoms with van der Waals surface area (Å²) >= 11 is 1.15. The van der Waals surface area contributed by atoms with Crippen molar-refractivity contribution in [1.29, 1.82) is 0 Å². The van der Waals surface area contributed by atoms with Crippen molar-refractivity contribution in [3.63, 3.8) is 0 Å². The zero-order chi connectivity index (χ0) is 13.4. The first-order chi connectivity index (χ1) is 9.11. The number of H-pyrrole nitrogens is 1. The Hall–Kier alpha value is -2.28. The monoisotopic (exact) mass is 275 g/mol. The molecule has 2 N–H and O–H groups in total. The fourth-order valence-electron chi connectivity index (χ4n) is 1.63. The largest absolute Gasteiger partial charge is 0.476 e. The number of carboxylic acids is 1. The van der Waals surface area contributed by atoms with Gasteiger partial charge in [0.05, 0.1) is 11.0 Å². The molecule has 3 aromatic rings. The van der Waals surface area contributed by atoms with Crippen LogP contribution in [0, 0.1) is 6.92 Å². The number of benzene rings is 1. The third-order valence-electron chi connectivity index (χ3n) is 2.50. The fraction of sp³-hybridized carbons (Fsp3) is 0.0833. The highest BCUT2D eigenvalue weighted by molar-refractivity contribution is 7.98. The second-order valence-electron chi connectivity index (χ2n) is 3.97. The van der Waals surface area contributed by atoms with E-state index in [9.17, 15) is 4.79 Å². The molecule has 0 saturated heterocycles. The molecule has 0 spiro atoms. The summed E-state index contributed by atoms with van der Waals surface area (Å²) in [6.45, 7) is 2.00. The Morgan fingerprint density at radius 1 is 1.42 bits per heavy atom. The molecule has 0 amide bonds. The summed E-state index contributed by atoms with van der Waals surface area (Å²) in [5, 5.41) is 9.61. The number of aromatic amines is 1. The quantitative estimate of drug-likeness (QED) is 0.763. The van der Waals surface area contributed by atoms with Crippen LogP contribution in [0.4, 0.5) is 0 Å². The van der Waals surface area contributed by atoms with Gasteiger partial charge in [-0.1, -0.05) is 6.07 Å². The van der Waals surface area contributed by atoms with Crippen LogP contribution in [0.3, 0.4) is 0 Å². The maximum Gasteiger partial charge on any atom is 0.357 e. The molecule has 0 unspecified atom stereocenters. The van der Waals surface area contributed by atoms with E-state index in [4.69, 9.17) is 9.52 Å². The van der Waals surface area contributed by atoms with Crippen molar-refractivity contribution in [2.24, 2.45) is 0 Å². The summed E-state index contributed by atoms with van der Waals surface area (Å²) in [6, 6.07) is 5.89. The molecule has 0 bridgehead atoms. The number of fused-ring (bicyclic) bond motifs is 1. The van der Waals surface area contributed by atoms with E-state index in [-0.39, 0.29) is 10.9 Å². The summed E-state index contributed by atoms with van der Waals surface area (Å²) in [6.07, 6.45) is 1.11. The number of nitrogens with one attached hydrogen (secondary N) is 1. The van der Waals surface area contributed by atoms with Gasteiger partial charge in [-0.25, -0.2) is 9.78 Å². The molecular weight excluding hydrogens is 266 g/mol. The SMILES string of the molecule is Cc1ccc2nc(Sc3nc(C(=O)O)co3)[nH]c2c1.